The lowest BCUT2D eigenvalue weighted by Gasteiger charge is -2.20. The molecule has 2 heterocycles. The first-order valence-corrected chi connectivity index (χ1v) is 6.96. The SMILES string of the molecule is O=C1CC(Cl)CN1CCc1ccc2c(c1)OCCO2. The van der Waals surface area contributed by atoms with Crippen molar-refractivity contribution in [3.05, 3.63) is 23.8 Å². The lowest BCUT2D eigenvalue weighted by atomic mass is 10.1. The number of carbonyl (C=O) groups excluding carboxylic acids is 1. The van der Waals surface area contributed by atoms with Gasteiger partial charge in [0.2, 0.25) is 5.91 Å². The van der Waals surface area contributed by atoms with Crippen LogP contribution in [-0.4, -0.2) is 42.5 Å². The second-order valence-electron chi connectivity index (χ2n) is 4.87. The molecule has 0 N–H and O–H groups in total. The van der Waals surface area contributed by atoms with Gasteiger partial charge in [-0.25, -0.2) is 0 Å². The number of halogens is 1. The van der Waals surface area contributed by atoms with Crippen LogP contribution in [0.15, 0.2) is 18.2 Å². The smallest absolute Gasteiger partial charge is 0.224 e. The van der Waals surface area contributed by atoms with E-state index in [2.05, 4.69) is 0 Å². The third-order valence-corrected chi connectivity index (χ3v) is 3.74. The predicted molar refractivity (Wildman–Crippen MR) is 72.0 cm³/mol. The van der Waals surface area contributed by atoms with E-state index in [-0.39, 0.29) is 11.3 Å². The van der Waals surface area contributed by atoms with Crippen LogP contribution in [0.5, 0.6) is 11.5 Å². The summed E-state index contributed by atoms with van der Waals surface area (Å²) >= 11 is 5.98. The fraction of sp³-hybridized carbons (Fsp3) is 0.500. The van der Waals surface area contributed by atoms with Gasteiger partial charge in [0.15, 0.2) is 11.5 Å². The number of likely N-dealkylation sites (tertiary alicyclic amines) is 1. The summed E-state index contributed by atoms with van der Waals surface area (Å²) in [6.07, 6.45) is 1.27. The Morgan fingerprint density at radius 1 is 1.26 bits per heavy atom. The minimum absolute atomic E-state index is 0.0345. The average Bonchev–Trinajstić information content (AvgIpc) is 2.74. The summed E-state index contributed by atoms with van der Waals surface area (Å²) in [5.41, 5.74) is 1.15. The maximum absolute atomic E-state index is 11.6. The van der Waals surface area contributed by atoms with Crippen LogP contribution in [0.1, 0.15) is 12.0 Å². The maximum Gasteiger partial charge on any atom is 0.224 e. The molecule has 2 aliphatic heterocycles. The van der Waals surface area contributed by atoms with E-state index in [1.807, 2.05) is 23.1 Å². The van der Waals surface area contributed by atoms with E-state index in [0.717, 1.165) is 23.5 Å². The Morgan fingerprint density at radius 2 is 2.05 bits per heavy atom. The van der Waals surface area contributed by atoms with Crippen LogP contribution < -0.4 is 9.47 Å². The van der Waals surface area contributed by atoms with Gasteiger partial charge in [0, 0.05) is 19.5 Å². The molecule has 1 fully saturated rings. The molecule has 1 aromatic rings. The molecule has 0 aromatic heterocycles. The fourth-order valence-corrected chi connectivity index (χ4v) is 2.75. The van der Waals surface area contributed by atoms with E-state index < -0.39 is 0 Å². The van der Waals surface area contributed by atoms with Crippen LogP contribution in [0, 0.1) is 0 Å². The second-order valence-corrected chi connectivity index (χ2v) is 5.49. The van der Waals surface area contributed by atoms with E-state index in [9.17, 15) is 4.79 Å². The quantitative estimate of drug-likeness (QED) is 0.794. The average molecular weight is 282 g/mol. The Hall–Kier alpha value is -1.42. The highest BCUT2D eigenvalue weighted by Gasteiger charge is 2.27. The van der Waals surface area contributed by atoms with Crippen LogP contribution >= 0.6 is 11.6 Å². The topological polar surface area (TPSA) is 38.8 Å². The van der Waals surface area contributed by atoms with E-state index in [4.69, 9.17) is 21.1 Å². The predicted octanol–water partition coefficient (Wildman–Crippen LogP) is 1.84. The number of carbonyl (C=O) groups is 1. The lowest BCUT2D eigenvalue weighted by molar-refractivity contribution is -0.127. The van der Waals surface area contributed by atoms with Crippen LogP contribution in [0.2, 0.25) is 0 Å². The molecule has 5 heteroatoms. The fourth-order valence-electron chi connectivity index (χ4n) is 2.45. The Labute approximate surface area is 117 Å². The van der Waals surface area contributed by atoms with Crippen molar-refractivity contribution < 1.29 is 14.3 Å². The molecule has 1 atom stereocenters. The summed E-state index contributed by atoms with van der Waals surface area (Å²) in [6.45, 7) is 2.56. The normalized spacial score (nSPS) is 21.8. The summed E-state index contributed by atoms with van der Waals surface area (Å²) in [7, 11) is 0. The van der Waals surface area contributed by atoms with E-state index in [1.165, 1.54) is 0 Å². The first kappa shape index (κ1) is 12.6. The van der Waals surface area contributed by atoms with Gasteiger partial charge >= 0.3 is 0 Å². The molecule has 2 aliphatic rings. The van der Waals surface area contributed by atoms with Crippen LogP contribution in [0.25, 0.3) is 0 Å². The van der Waals surface area contributed by atoms with Crippen LogP contribution in [-0.2, 0) is 11.2 Å². The summed E-state index contributed by atoms with van der Waals surface area (Å²) in [6, 6.07) is 5.94. The summed E-state index contributed by atoms with van der Waals surface area (Å²) in [5, 5.41) is -0.0345. The first-order chi connectivity index (χ1) is 9.22. The number of ether oxygens (including phenoxy) is 2. The number of amides is 1. The Morgan fingerprint density at radius 3 is 2.79 bits per heavy atom. The molecule has 1 amide bonds. The van der Waals surface area contributed by atoms with Gasteiger partial charge in [0.25, 0.3) is 0 Å². The van der Waals surface area contributed by atoms with E-state index in [1.54, 1.807) is 0 Å². The van der Waals surface area contributed by atoms with Gasteiger partial charge in [0.05, 0.1) is 5.38 Å². The van der Waals surface area contributed by atoms with Crippen molar-refractivity contribution in [3.8, 4) is 11.5 Å². The molecule has 1 unspecified atom stereocenters. The van der Waals surface area contributed by atoms with Gasteiger partial charge in [0.1, 0.15) is 13.2 Å². The molecule has 0 radical (unpaired) electrons. The standard InChI is InChI=1S/C14H16ClNO3/c15-11-8-14(17)16(9-11)4-3-10-1-2-12-13(7-10)19-6-5-18-12/h1-2,7,11H,3-6,8-9H2. The largest absolute Gasteiger partial charge is 0.486 e. The zero-order chi connectivity index (χ0) is 13.2. The Balaban J connectivity index is 1.62. The molecule has 102 valence electrons. The van der Waals surface area contributed by atoms with Crippen LogP contribution in [0.3, 0.4) is 0 Å². The highest BCUT2D eigenvalue weighted by atomic mass is 35.5. The molecular formula is C14H16ClNO3. The molecule has 0 bridgehead atoms. The number of fused-ring (bicyclic) bond motifs is 1. The van der Waals surface area contributed by atoms with Gasteiger partial charge in [-0.2, -0.15) is 0 Å². The minimum Gasteiger partial charge on any atom is -0.486 e. The third kappa shape index (κ3) is 2.78. The molecule has 1 saturated heterocycles. The van der Waals surface area contributed by atoms with Gasteiger partial charge < -0.3 is 14.4 Å². The summed E-state index contributed by atoms with van der Waals surface area (Å²) in [5.74, 6) is 1.75. The molecule has 1 aromatic carbocycles. The third-order valence-electron chi connectivity index (χ3n) is 3.44. The highest BCUT2D eigenvalue weighted by Crippen LogP contribution is 2.31. The second kappa shape index (κ2) is 5.29. The number of benzene rings is 1. The number of nitrogens with zero attached hydrogens (tertiary/aromatic N) is 1. The van der Waals surface area contributed by atoms with Crippen molar-refractivity contribution in [3.63, 3.8) is 0 Å². The zero-order valence-electron chi connectivity index (χ0n) is 10.6. The van der Waals surface area contributed by atoms with Crippen molar-refractivity contribution >= 4 is 17.5 Å². The number of hydrogen-bond acceptors (Lipinski definition) is 3. The van der Waals surface area contributed by atoms with Crippen molar-refractivity contribution in [2.45, 2.75) is 18.2 Å². The van der Waals surface area contributed by atoms with E-state index >= 15 is 0 Å². The van der Waals surface area contributed by atoms with E-state index in [0.29, 0.717) is 32.7 Å². The van der Waals surface area contributed by atoms with Gasteiger partial charge in [-0.3, -0.25) is 4.79 Å². The molecule has 0 spiro atoms. The molecule has 0 saturated carbocycles. The maximum atomic E-state index is 11.6. The Bertz CT molecular complexity index is 492. The zero-order valence-corrected chi connectivity index (χ0v) is 11.4. The van der Waals surface area contributed by atoms with Gasteiger partial charge in [-0.1, -0.05) is 6.07 Å². The number of alkyl halides is 1. The molecule has 3 rings (SSSR count). The van der Waals surface area contributed by atoms with Crippen molar-refractivity contribution in [2.24, 2.45) is 0 Å². The van der Waals surface area contributed by atoms with Crippen LogP contribution in [0.4, 0.5) is 0 Å². The monoisotopic (exact) mass is 281 g/mol. The van der Waals surface area contributed by atoms with Gasteiger partial charge in [-0.15, -0.1) is 11.6 Å². The lowest BCUT2D eigenvalue weighted by Crippen LogP contribution is -2.27. The molecule has 19 heavy (non-hydrogen) atoms. The van der Waals surface area contributed by atoms with Gasteiger partial charge in [-0.05, 0) is 24.1 Å². The number of hydrogen-bond donors (Lipinski definition) is 0. The Kier molecular flexibility index (Phi) is 3.51. The minimum atomic E-state index is -0.0345. The summed E-state index contributed by atoms with van der Waals surface area (Å²) < 4.78 is 11.0. The van der Waals surface area contributed by atoms with Crippen molar-refractivity contribution in [1.29, 1.82) is 0 Å². The highest BCUT2D eigenvalue weighted by molar-refractivity contribution is 6.22. The van der Waals surface area contributed by atoms with Crippen molar-refractivity contribution in [1.82, 2.24) is 4.90 Å². The van der Waals surface area contributed by atoms with Crippen molar-refractivity contribution in [2.75, 3.05) is 26.3 Å². The molecular weight excluding hydrogens is 266 g/mol. The molecule has 4 nitrogen and oxygen atoms in total. The summed E-state index contributed by atoms with van der Waals surface area (Å²) in [4.78, 5) is 13.5. The number of rotatable bonds is 3. The molecule has 0 aliphatic carbocycles. The first-order valence-electron chi connectivity index (χ1n) is 6.53.